The van der Waals surface area contributed by atoms with E-state index in [1.165, 1.54) is 25.5 Å². The smallest absolute Gasteiger partial charge is 0.329 e. The normalized spacial score (nSPS) is 10.6. The van der Waals surface area contributed by atoms with Crippen molar-refractivity contribution in [3.05, 3.63) is 88.2 Å². The molecule has 0 saturated heterocycles. The molecule has 0 aliphatic carbocycles. The number of methoxy groups -OCH3 is 1. The molecule has 37 heavy (non-hydrogen) atoms. The molecule has 3 aromatic rings. The van der Waals surface area contributed by atoms with Gasteiger partial charge in [-0.05, 0) is 54.4 Å². The van der Waals surface area contributed by atoms with E-state index < -0.39 is 23.5 Å². The molecule has 3 rings (SSSR count). The summed E-state index contributed by atoms with van der Waals surface area (Å²) in [6.45, 7) is 1.83. The topological polar surface area (TPSA) is 118 Å². The molecule has 0 bridgehead atoms. The minimum atomic E-state index is -0.913. The summed E-state index contributed by atoms with van der Waals surface area (Å²) >= 11 is 5.71. The zero-order chi connectivity index (χ0) is 26.8. The fraction of sp³-hybridized carbons (Fsp3) is 0.154. The average Bonchev–Trinajstić information content (AvgIpc) is 2.89. The monoisotopic (exact) mass is 526 g/mol. The van der Waals surface area contributed by atoms with Crippen LogP contribution in [0.25, 0.3) is 0 Å². The van der Waals surface area contributed by atoms with Crippen LogP contribution >= 0.6 is 11.6 Å². The third kappa shape index (κ3) is 8.32. The summed E-state index contributed by atoms with van der Waals surface area (Å²) < 4.78 is 24.0. The molecule has 192 valence electrons. The summed E-state index contributed by atoms with van der Waals surface area (Å²) in [6, 6.07) is 16.1. The number of aryl methyl sites for hydroxylation is 1. The number of rotatable bonds is 9. The number of nitrogens with zero attached hydrogens (tertiary/aromatic N) is 1. The van der Waals surface area contributed by atoms with Crippen molar-refractivity contribution in [3.63, 3.8) is 0 Å². The van der Waals surface area contributed by atoms with Crippen molar-refractivity contribution in [1.82, 2.24) is 10.7 Å². The third-order valence-corrected chi connectivity index (χ3v) is 5.20. The molecule has 3 amide bonds. The van der Waals surface area contributed by atoms with Gasteiger partial charge in [0.25, 0.3) is 5.91 Å². The number of amides is 3. The lowest BCUT2D eigenvalue weighted by Gasteiger charge is -2.11. The van der Waals surface area contributed by atoms with E-state index in [2.05, 4.69) is 21.2 Å². The Balaban J connectivity index is 1.49. The van der Waals surface area contributed by atoms with E-state index in [1.54, 1.807) is 18.2 Å². The molecular formula is C26H24ClFN4O5. The van der Waals surface area contributed by atoms with Gasteiger partial charge in [-0.3, -0.25) is 14.4 Å². The highest BCUT2D eigenvalue weighted by Crippen LogP contribution is 2.27. The number of carbonyl (C=O) groups is 3. The van der Waals surface area contributed by atoms with Crippen molar-refractivity contribution in [2.24, 2.45) is 5.10 Å². The number of hydrazone groups is 1. The Morgan fingerprint density at radius 2 is 1.76 bits per heavy atom. The molecule has 0 atom stereocenters. The van der Waals surface area contributed by atoms with Gasteiger partial charge < -0.3 is 20.1 Å². The number of hydrogen-bond donors (Lipinski definition) is 3. The molecule has 0 spiro atoms. The van der Waals surface area contributed by atoms with Crippen molar-refractivity contribution < 1.29 is 28.2 Å². The van der Waals surface area contributed by atoms with Crippen LogP contribution in [0.15, 0.2) is 65.8 Å². The van der Waals surface area contributed by atoms with Gasteiger partial charge in [0.05, 0.1) is 18.3 Å². The maximum Gasteiger partial charge on any atom is 0.329 e. The van der Waals surface area contributed by atoms with Gasteiger partial charge in [-0.2, -0.15) is 5.10 Å². The molecule has 0 saturated carbocycles. The van der Waals surface area contributed by atoms with Crippen LogP contribution in [-0.4, -0.2) is 37.7 Å². The molecule has 0 heterocycles. The second-order valence-corrected chi connectivity index (χ2v) is 8.15. The van der Waals surface area contributed by atoms with Crippen molar-refractivity contribution in [2.75, 3.05) is 19.0 Å². The Labute approximate surface area is 217 Å². The molecule has 0 unspecified atom stereocenters. The minimum absolute atomic E-state index is 0.114. The number of carbonyl (C=O) groups excluding carboxylic acids is 3. The first kappa shape index (κ1) is 27.2. The van der Waals surface area contributed by atoms with Crippen LogP contribution < -0.4 is 25.5 Å². The highest BCUT2D eigenvalue weighted by molar-refractivity contribution is 6.35. The molecule has 3 N–H and O–H groups in total. The molecule has 0 aliphatic rings. The molecule has 11 heteroatoms. The Morgan fingerprint density at radius 3 is 2.46 bits per heavy atom. The Bertz CT molecular complexity index is 1310. The maximum atomic E-state index is 13.2. The minimum Gasteiger partial charge on any atom is -0.493 e. The lowest BCUT2D eigenvalue weighted by Crippen LogP contribution is -2.37. The summed E-state index contributed by atoms with van der Waals surface area (Å²) in [7, 11) is 1.42. The molecule has 0 fully saturated rings. The van der Waals surface area contributed by atoms with Gasteiger partial charge in [-0.1, -0.05) is 41.4 Å². The summed E-state index contributed by atoms with van der Waals surface area (Å²) in [4.78, 5) is 36.1. The zero-order valence-electron chi connectivity index (χ0n) is 20.0. The van der Waals surface area contributed by atoms with E-state index in [4.69, 9.17) is 21.1 Å². The van der Waals surface area contributed by atoms with Crippen molar-refractivity contribution >= 4 is 41.2 Å². The van der Waals surface area contributed by atoms with E-state index in [0.29, 0.717) is 17.0 Å². The average molecular weight is 527 g/mol. The fourth-order valence-corrected chi connectivity index (χ4v) is 3.16. The summed E-state index contributed by atoms with van der Waals surface area (Å²) in [5, 5.41) is 8.74. The first-order chi connectivity index (χ1) is 17.7. The number of nitrogens with one attached hydrogen (secondary N) is 3. The van der Waals surface area contributed by atoms with Crippen molar-refractivity contribution in [1.29, 1.82) is 0 Å². The first-order valence-electron chi connectivity index (χ1n) is 11.0. The number of anilines is 1. The highest BCUT2D eigenvalue weighted by Gasteiger charge is 2.13. The largest absolute Gasteiger partial charge is 0.493 e. The fourth-order valence-electron chi connectivity index (χ4n) is 2.98. The van der Waals surface area contributed by atoms with E-state index >= 15 is 0 Å². The number of ether oxygens (including phenoxy) is 2. The molecule has 3 aromatic carbocycles. The van der Waals surface area contributed by atoms with Crippen molar-refractivity contribution in [2.45, 2.75) is 13.5 Å². The molecule has 0 aliphatic heterocycles. The quantitative estimate of drug-likeness (QED) is 0.224. The van der Waals surface area contributed by atoms with Gasteiger partial charge in [0, 0.05) is 12.2 Å². The summed E-state index contributed by atoms with van der Waals surface area (Å²) in [5.74, 6) is -2.22. The molecule has 0 aromatic heterocycles. The lowest BCUT2D eigenvalue weighted by atomic mass is 10.1. The van der Waals surface area contributed by atoms with Gasteiger partial charge in [0.15, 0.2) is 18.1 Å². The van der Waals surface area contributed by atoms with Gasteiger partial charge in [0.2, 0.25) is 0 Å². The molecular weight excluding hydrogens is 503 g/mol. The Morgan fingerprint density at radius 1 is 1.00 bits per heavy atom. The Hall–Kier alpha value is -4.44. The van der Waals surface area contributed by atoms with E-state index in [1.807, 2.05) is 31.2 Å². The summed E-state index contributed by atoms with van der Waals surface area (Å²) in [6.07, 6.45) is 1.32. The highest BCUT2D eigenvalue weighted by atomic mass is 35.5. The lowest BCUT2D eigenvalue weighted by molar-refractivity contribution is -0.139. The van der Waals surface area contributed by atoms with Gasteiger partial charge in [-0.15, -0.1) is 0 Å². The van der Waals surface area contributed by atoms with Crippen LogP contribution in [-0.2, 0) is 20.9 Å². The van der Waals surface area contributed by atoms with Crippen LogP contribution in [0, 0.1) is 12.7 Å². The van der Waals surface area contributed by atoms with Crippen LogP contribution in [0.1, 0.15) is 16.7 Å². The van der Waals surface area contributed by atoms with E-state index in [-0.39, 0.29) is 23.9 Å². The van der Waals surface area contributed by atoms with Gasteiger partial charge >= 0.3 is 11.8 Å². The maximum absolute atomic E-state index is 13.2. The molecule has 0 radical (unpaired) electrons. The van der Waals surface area contributed by atoms with Crippen LogP contribution in [0.3, 0.4) is 0 Å². The molecule has 9 nitrogen and oxygen atoms in total. The van der Waals surface area contributed by atoms with Gasteiger partial charge in [-0.25, -0.2) is 9.82 Å². The van der Waals surface area contributed by atoms with Crippen molar-refractivity contribution in [3.8, 4) is 11.5 Å². The second kappa shape index (κ2) is 13.0. The number of benzene rings is 3. The SMILES string of the molecule is COc1cc(/C=N\NC(=O)C(=O)NCc2ccc(C)cc2)ccc1OCC(=O)Nc1ccc(F)c(Cl)c1. The van der Waals surface area contributed by atoms with Gasteiger partial charge in [0.1, 0.15) is 5.82 Å². The number of hydrogen-bond acceptors (Lipinski definition) is 6. The zero-order valence-corrected chi connectivity index (χ0v) is 20.8. The van der Waals surface area contributed by atoms with Crippen LogP contribution in [0.4, 0.5) is 10.1 Å². The predicted octanol–water partition coefficient (Wildman–Crippen LogP) is 3.58. The third-order valence-electron chi connectivity index (χ3n) is 4.91. The van der Waals surface area contributed by atoms with Crippen LogP contribution in [0.5, 0.6) is 11.5 Å². The standard InChI is InChI=1S/C26H24ClFN4O5/c1-16-3-5-17(6-4-16)13-29-25(34)26(35)32-30-14-18-7-10-22(23(11-18)36-2)37-15-24(33)31-19-8-9-21(28)20(27)12-19/h3-12,14H,13,15H2,1-2H3,(H,29,34)(H,31,33)(H,32,35)/b30-14-. The van der Waals surface area contributed by atoms with E-state index in [9.17, 15) is 18.8 Å². The van der Waals surface area contributed by atoms with E-state index in [0.717, 1.165) is 17.2 Å². The number of halogens is 2. The second-order valence-electron chi connectivity index (χ2n) is 7.74. The predicted molar refractivity (Wildman–Crippen MR) is 137 cm³/mol. The Kier molecular flexibility index (Phi) is 9.56. The van der Waals surface area contributed by atoms with Crippen LogP contribution in [0.2, 0.25) is 5.02 Å². The first-order valence-corrected chi connectivity index (χ1v) is 11.4. The summed E-state index contributed by atoms with van der Waals surface area (Å²) in [5.41, 5.74) is 4.98.